The van der Waals surface area contributed by atoms with E-state index < -0.39 is 0 Å². The van der Waals surface area contributed by atoms with Crippen LogP contribution >= 0.6 is 0 Å². The normalized spacial score (nSPS) is 9.18. The molecule has 11 heavy (non-hydrogen) atoms. The van der Waals surface area contributed by atoms with Crippen LogP contribution in [0.5, 0.6) is 11.5 Å². The molecule has 4 nitrogen and oxygen atoms in total. The minimum atomic E-state index is 0.0890. The topological polar surface area (TPSA) is 58.9 Å². The molecule has 0 saturated carbocycles. The highest BCUT2D eigenvalue weighted by Crippen LogP contribution is 2.25. The third-order valence-electron chi connectivity index (χ3n) is 1.39. The summed E-state index contributed by atoms with van der Waals surface area (Å²) in [5, 5.41) is 11.3. The fourth-order valence-corrected chi connectivity index (χ4v) is 0.742. The first-order chi connectivity index (χ1) is 5.25. The van der Waals surface area contributed by atoms with Gasteiger partial charge < -0.3 is 9.94 Å². The molecular formula is C7H7NO3. The Morgan fingerprint density at radius 2 is 2.27 bits per heavy atom. The van der Waals surface area contributed by atoms with Crippen molar-refractivity contribution in [2.45, 2.75) is 6.92 Å². The lowest BCUT2D eigenvalue weighted by Crippen LogP contribution is -1.84. The molecule has 0 aliphatic heterocycles. The smallest absolute Gasteiger partial charge is 0.168 e. The van der Waals surface area contributed by atoms with Crippen LogP contribution in [-0.4, -0.2) is 5.11 Å². The standard InChI is InChI=1S/C7H7NO3/c1-5-6(9)3-2-4-7(5)11-8-10/h2-4,9H,1H3. The van der Waals surface area contributed by atoms with Crippen molar-refractivity contribution in [1.82, 2.24) is 0 Å². The van der Waals surface area contributed by atoms with E-state index in [1.54, 1.807) is 19.1 Å². The predicted octanol–water partition coefficient (Wildman–Crippen LogP) is 1.76. The van der Waals surface area contributed by atoms with E-state index in [-0.39, 0.29) is 11.5 Å². The third-order valence-corrected chi connectivity index (χ3v) is 1.39. The highest BCUT2D eigenvalue weighted by molar-refractivity contribution is 5.42. The first-order valence-electron chi connectivity index (χ1n) is 3.04. The van der Waals surface area contributed by atoms with E-state index in [1.165, 1.54) is 6.07 Å². The number of rotatable bonds is 2. The Morgan fingerprint density at radius 1 is 1.55 bits per heavy atom. The number of hydrogen-bond donors (Lipinski definition) is 1. The molecule has 58 valence electrons. The molecule has 0 unspecified atom stereocenters. The monoisotopic (exact) mass is 153 g/mol. The minimum Gasteiger partial charge on any atom is -0.508 e. The van der Waals surface area contributed by atoms with Gasteiger partial charge in [0.15, 0.2) is 11.1 Å². The molecule has 4 heteroatoms. The van der Waals surface area contributed by atoms with E-state index in [0.29, 0.717) is 5.56 Å². The lowest BCUT2D eigenvalue weighted by Gasteiger charge is -2.00. The van der Waals surface area contributed by atoms with Crippen LogP contribution in [0.25, 0.3) is 0 Å². The SMILES string of the molecule is Cc1c(O)cccc1ON=O. The number of nitrogens with zero attached hydrogens (tertiary/aromatic N) is 1. The van der Waals surface area contributed by atoms with Gasteiger partial charge in [-0.25, -0.2) is 0 Å². The molecule has 0 spiro atoms. The van der Waals surface area contributed by atoms with Crippen LogP contribution in [0.15, 0.2) is 23.5 Å². The molecule has 0 amide bonds. The molecule has 0 heterocycles. The van der Waals surface area contributed by atoms with E-state index in [0.717, 1.165) is 0 Å². The molecule has 1 aromatic carbocycles. The summed E-state index contributed by atoms with van der Waals surface area (Å²) in [5.74, 6) is 0.367. The molecule has 0 aliphatic rings. The van der Waals surface area contributed by atoms with Gasteiger partial charge in [-0.1, -0.05) is 6.07 Å². The fraction of sp³-hybridized carbons (Fsp3) is 0.143. The average molecular weight is 153 g/mol. The summed E-state index contributed by atoms with van der Waals surface area (Å²) >= 11 is 0. The lowest BCUT2D eigenvalue weighted by atomic mass is 10.2. The van der Waals surface area contributed by atoms with E-state index in [1.807, 2.05) is 0 Å². The zero-order valence-corrected chi connectivity index (χ0v) is 5.94. The van der Waals surface area contributed by atoms with Gasteiger partial charge in [-0.2, -0.15) is 0 Å². The van der Waals surface area contributed by atoms with E-state index >= 15 is 0 Å². The number of phenols is 1. The van der Waals surface area contributed by atoms with E-state index in [9.17, 15) is 4.91 Å². The van der Waals surface area contributed by atoms with Gasteiger partial charge in [-0.15, -0.1) is 4.91 Å². The molecule has 0 radical (unpaired) electrons. The van der Waals surface area contributed by atoms with E-state index in [4.69, 9.17) is 5.11 Å². The molecule has 1 aromatic rings. The maximum Gasteiger partial charge on any atom is 0.168 e. The number of phenolic OH excluding ortho intramolecular Hbond substituents is 1. The number of aromatic hydroxyl groups is 1. The van der Waals surface area contributed by atoms with E-state index in [2.05, 4.69) is 10.2 Å². The maximum absolute atomic E-state index is 9.68. The van der Waals surface area contributed by atoms with Crippen molar-refractivity contribution in [2.24, 2.45) is 5.34 Å². The molecule has 0 fully saturated rings. The second-order valence-electron chi connectivity index (χ2n) is 2.07. The highest BCUT2D eigenvalue weighted by Gasteiger charge is 2.02. The largest absolute Gasteiger partial charge is 0.508 e. The first-order valence-corrected chi connectivity index (χ1v) is 3.04. The zero-order chi connectivity index (χ0) is 8.27. The Hall–Kier alpha value is -1.58. The van der Waals surface area contributed by atoms with Crippen LogP contribution in [0, 0.1) is 11.8 Å². The minimum absolute atomic E-state index is 0.0890. The molecule has 0 atom stereocenters. The summed E-state index contributed by atoms with van der Waals surface area (Å²) in [6, 6.07) is 4.63. The van der Waals surface area contributed by atoms with Crippen molar-refractivity contribution in [3.8, 4) is 11.5 Å². The molecule has 1 rings (SSSR count). The first kappa shape index (κ1) is 7.53. The molecule has 0 bridgehead atoms. The van der Waals surface area contributed by atoms with Gasteiger partial charge in [0.2, 0.25) is 0 Å². The highest BCUT2D eigenvalue weighted by atomic mass is 16.7. The Labute approximate surface area is 63.4 Å². The average Bonchev–Trinajstić information content (AvgIpc) is 1.99. The van der Waals surface area contributed by atoms with Crippen LogP contribution < -0.4 is 4.84 Å². The van der Waals surface area contributed by atoms with Gasteiger partial charge >= 0.3 is 0 Å². The van der Waals surface area contributed by atoms with Crippen molar-refractivity contribution < 1.29 is 9.94 Å². The molecule has 0 saturated heterocycles. The van der Waals surface area contributed by atoms with Gasteiger partial charge in [0.25, 0.3) is 0 Å². The summed E-state index contributed by atoms with van der Waals surface area (Å²) in [5.41, 5.74) is 0.507. The second-order valence-corrected chi connectivity index (χ2v) is 2.07. The van der Waals surface area contributed by atoms with Crippen LogP contribution in [0.3, 0.4) is 0 Å². The third kappa shape index (κ3) is 1.46. The van der Waals surface area contributed by atoms with Crippen molar-refractivity contribution in [2.75, 3.05) is 0 Å². The molecular weight excluding hydrogens is 146 g/mol. The molecule has 0 aliphatic carbocycles. The van der Waals surface area contributed by atoms with Gasteiger partial charge in [0, 0.05) is 5.56 Å². The van der Waals surface area contributed by atoms with Crippen LogP contribution in [0.1, 0.15) is 5.56 Å². The lowest BCUT2D eigenvalue weighted by molar-refractivity contribution is 0.329. The summed E-state index contributed by atoms with van der Waals surface area (Å²) in [7, 11) is 0. The van der Waals surface area contributed by atoms with Crippen LogP contribution in [0.4, 0.5) is 0 Å². The summed E-state index contributed by atoms with van der Waals surface area (Å²) in [6.45, 7) is 1.63. The quantitative estimate of drug-likeness (QED) is 0.520. The predicted molar refractivity (Wildman–Crippen MR) is 39.3 cm³/mol. The number of hydrogen-bond acceptors (Lipinski definition) is 4. The second kappa shape index (κ2) is 3.01. The zero-order valence-electron chi connectivity index (χ0n) is 5.94. The van der Waals surface area contributed by atoms with Crippen molar-refractivity contribution >= 4 is 0 Å². The van der Waals surface area contributed by atoms with Gasteiger partial charge in [-0.3, -0.25) is 0 Å². The van der Waals surface area contributed by atoms with Gasteiger partial charge in [0.05, 0.1) is 0 Å². The van der Waals surface area contributed by atoms with Crippen LogP contribution in [0.2, 0.25) is 0 Å². The Balaban J connectivity index is 3.05. The van der Waals surface area contributed by atoms with Gasteiger partial charge in [0.1, 0.15) is 5.75 Å². The summed E-state index contributed by atoms with van der Waals surface area (Å²) in [4.78, 5) is 14.0. The fourth-order valence-electron chi connectivity index (χ4n) is 0.742. The molecule has 1 N–H and O–H groups in total. The van der Waals surface area contributed by atoms with Crippen molar-refractivity contribution in [3.63, 3.8) is 0 Å². The Morgan fingerprint density at radius 3 is 2.91 bits per heavy atom. The van der Waals surface area contributed by atoms with Crippen LogP contribution in [-0.2, 0) is 0 Å². The number of benzene rings is 1. The molecule has 0 aromatic heterocycles. The van der Waals surface area contributed by atoms with Crippen molar-refractivity contribution in [1.29, 1.82) is 0 Å². The van der Waals surface area contributed by atoms with Crippen molar-refractivity contribution in [3.05, 3.63) is 28.7 Å². The Bertz CT molecular complexity index is 272. The maximum atomic E-state index is 9.68. The summed E-state index contributed by atoms with van der Waals surface area (Å²) < 4.78 is 0. The Kier molecular flexibility index (Phi) is 2.06. The summed E-state index contributed by atoms with van der Waals surface area (Å²) in [6.07, 6.45) is 0. The van der Waals surface area contributed by atoms with Gasteiger partial charge in [-0.05, 0) is 19.1 Å².